The Morgan fingerprint density at radius 2 is 1.82 bits per heavy atom. The number of likely N-dealkylation sites (tertiary alicyclic amines) is 1. The molecule has 3 N–H and O–H groups in total. The van der Waals surface area contributed by atoms with Gasteiger partial charge in [0.1, 0.15) is 5.60 Å². The molecule has 8 heteroatoms. The lowest BCUT2D eigenvalue weighted by molar-refractivity contribution is -0.139. The number of nitrogens with zero attached hydrogens (tertiary/aromatic N) is 1. The smallest absolute Gasteiger partial charge is 0.407 e. The van der Waals surface area contributed by atoms with Crippen molar-refractivity contribution in [2.75, 3.05) is 19.6 Å². The van der Waals surface area contributed by atoms with E-state index in [-0.39, 0.29) is 24.9 Å². The Morgan fingerprint density at radius 1 is 1.18 bits per heavy atom. The fourth-order valence-corrected chi connectivity index (χ4v) is 2.60. The van der Waals surface area contributed by atoms with E-state index in [9.17, 15) is 14.4 Å². The van der Waals surface area contributed by atoms with Crippen LogP contribution in [-0.4, -0.2) is 64.4 Å². The van der Waals surface area contributed by atoms with E-state index in [0.29, 0.717) is 19.5 Å². The number of amides is 1. The Morgan fingerprint density at radius 3 is 2.32 bits per heavy atom. The predicted molar refractivity (Wildman–Crippen MR) is 77.6 cm³/mol. The third-order valence-corrected chi connectivity index (χ3v) is 3.16. The van der Waals surface area contributed by atoms with Crippen LogP contribution in [0.2, 0.25) is 0 Å². The number of hydrogen-bond donors (Lipinski definition) is 3. The van der Waals surface area contributed by atoms with Gasteiger partial charge in [-0.15, -0.1) is 0 Å². The van der Waals surface area contributed by atoms with Crippen LogP contribution in [0.15, 0.2) is 0 Å². The molecule has 0 aromatic carbocycles. The van der Waals surface area contributed by atoms with Crippen molar-refractivity contribution in [2.45, 2.75) is 45.3 Å². The number of hydrogen-bond acceptors (Lipinski definition) is 5. The van der Waals surface area contributed by atoms with Gasteiger partial charge in [0.25, 0.3) is 0 Å². The molecule has 1 saturated heterocycles. The van der Waals surface area contributed by atoms with Crippen molar-refractivity contribution in [3.8, 4) is 0 Å². The van der Waals surface area contributed by atoms with Gasteiger partial charge in [0.15, 0.2) is 0 Å². The van der Waals surface area contributed by atoms with Crippen LogP contribution in [0.3, 0.4) is 0 Å². The summed E-state index contributed by atoms with van der Waals surface area (Å²) in [5, 5.41) is 20.5. The molecule has 0 saturated carbocycles. The molecule has 0 radical (unpaired) electrons. The molecule has 1 aliphatic rings. The lowest BCUT2D eigenvalue weighted by Crippen LogP contribution is -2.52. The number of aliphatic carboxylic acids is 2. The largest absolute Gasteiger partial charge is 0.481 e. The summed E-state index contributed by atoms with van der Waals surface area (Å²) in [6.45, 7) is 5.82. The van der Waals surface area contributed by atoms with E-state index in [1.807, 2.05) is 0 Å². The summed E-state index contributed by atoms with van der Waals surface area (Å²) in [5.41, 5.74) is -0.625. The molecule has 1 aliphatic heterocycles. The first kappa shape index (κ1) is 18.2. The zero-order valence-electron chi connectivity index (χ0n) is 13.2. The highest BCUT2D eigenvalue weighted by atomic mass is 16.6. The number of nitrogens with one attached hydrogen (secondary N) is 1. The fraction of sp³-hybridized carbons (Fsp3) is 0.786. The van der Waals surface area contributed by atoms with E-state index >= 15 is 0 Å². The molecule has 2 atom stereocenters. The van der Waals surface area contributed by atoms with Crippen LogP contribution in [0.25, 0.3) is 0 Å². The molecule has 8 nitrogen and oxygen atoms in total. The molecule has 0 bridgehead atoms. The molecule has 1 fully saturated rings. The highest BCUT2D eigenvalue weighted by Crippen LogP contribution is 2.20. The van der Waals surface area contributed by atoms with E-state index in [2.05, 4.69) is 5.32 Å². The normalized spacial score (nSPS) is 22.9. The molecule has 0 aromatic rings. The average molecular weight is 316 g/mol. The molecule has 1 heterocycles. The molecular weight excluding hydrogens is 292 g/mol. The van der Waals surface area contributed by atoms with E-state index in [1.54, 1.807) is 25.7 Å². The first-order chi connectivity index (χ1) is 10.0. The van der Waals surface area contributed by atoms with Gasteiger partial charge in [-0.2, -0.15) is 0 Å². The fourth-order valence-electron chi connectivity index (χ4n) is 2.60. The second kappa shape index (κ2) is 7.44. The molecule has 22 heavy (non-hydrogen) atoms. The topological polar surface area (TPSA) is 116 Å². The van der Waals surface area contributed by atoms with E-state index in [4.69, 9.17) is 14.9 Å². The van der Waals surface area contributed by atoms with Crippen LogP contribution >= 0.6 is 0 Å². The minimum atomic E-state index is -0.980. The lowest BCUT2D eigenvalue weighted by Gasteiger charge is -2.37. The summed E-state index contributed by atoms with van der Waals surface area (Å²) in [6.07, 6.45) is -0.145. The maximum Gasteiger partial charge on any atom is 0.407 e. The number of carboxylic acid groups (broad SMARTS) is 2. The average Bonchev–Trinajstić information content (AvgIpc) is 2.22. The molecular formula is C14H24N2O6. The van der Waals surface area contributed by atoms with Gasteiger partial charge in [0.05, 0.1) is 6.54 Å². The maximum absolute atomic E-state index is 11.8. The third-order valence-electron chi connectivity index (χ3n) is 3.16. The van der Waals surface area contributed by atoms with Crippen LogP contribution in [0.4, 0.5) is 4.79 Å². The standard InChI is InChI=1S/C14H24N2O6/c1-14(2,3)22-13(21)15-10-4-9(5-11(17)18)6-16(7-10)8-12(19)20/h9-10H,4-8H2,1-3H3,(H,15,21)(H,17,18)(H,19,20). The number of carbonyl (C=O) groups excluding carboxylic acids is 1. The number of carbonyl (C=O) groups is 3. The molecule has 126 valence electrons. The number of alkyl carbamates (subject to hydrolysis) is 1. The van der Waals surface area contributed by atoms with Gasteiger partial charge < -0.3 is 20.3 Å². The first-order valence-electron chi connectivity index (χ1n) is 7.20. The summed E-state index contributed by atoms with van der Waals surface area (Å²) in [6, 6.07) is -0.327. The minimum absolute atomic E-state index is 0.0530. The summed E-state index contributed by atoms with van der Waals surface area (Å²) >= 11 is 0. The van der Waals surface area contributed by atoms with E-state index in [1.165, 1.54) is 0 Å². The van der Waals surface area contributed by atoms with Crippen molar-refractivity contribution in [1.29, 1.82) is 0 Å². The zero-order chi connectivity index (χ0) is 16.9. The van der Waals surface area contributed by atoms with Gasteiger partial charge in [0, 0.05) is 25.6 Å². The lowest BCUT2D eigenvalue weighted by atomic mass is 9.91. The number of piperidine rings is 1. The first-order valence-corrected chi connectivity index (χ1v) is 7.20. The van der Waals surface area contributed by atoms with Crippen molar-refractivity contribution in [1.82, 2.24) is 10.2 Å². The number of carboxylic acids is 2. The van der Waals surface area contributed by atoms with Crippen molar-refractivity contribution >= 4 is 18.0 Å². The van der Waals surface area contributed by atoms with E-state index in [0.717, 1.165) is 0 Å². The van der Waals surface area contributed by atoms with Crippen LogP contribution in [0.5, 0.6) is 0 Å². The quantitative estimate of drug-likeness (QED) is 0.685. The van der Waals surface area contributed by atoms with E-state index < -0.39 is 23.6 Å². The molecule has 0 aliphatic carbocycles. The Labute approximate surface area is 129 Å². The molecule has 2 unspecified atom stereocenters. The zero-order valence-corrected chi connectivity index (χ0v) is 13.2. The summed E-state index contributed by atoms with van der Waals surface area (Å²) in [7, 11) is 0. The van der Waals surface area contributed by atoms with Crippen molar-refractivity contribution in [2.24, 2.45) is 5.92 Å². The number of ether oxygens (including phenoxy) is 1. The van der Waals surface area contributed by atoms with Gasteiger partial charge in [-0.05, 0) is 33.1 Å². The summed E-state index contributed by atoms with van der Waals surface area (Å²) in [5.74, 6) is -2.12. The Balaban J connectivity index is 2.64. The number of rotatable bonds is 5. The van der Waals surface area contributed by atoms with Crippen molar-refractivity contribution in [3.63, 3.8) is 0 Å². The predicted octanol–water partition coefficient (Wildman–Crippen LogP) is 0.761. The third kappa shape index (κ3) is 7.26. The monoisotopic (exact) mass is 316 g/mol. The summed E-state index contributed by atoms with van der Waals surface area (Å²) < 4.78 is 5.17. The highest BCUT2D eigenvalue weighted by molar-refractivity contribution is 5.70. The second-order valence-corrected chi connectivity index (χ2v) is 6.63. The summed E-state index contributed by atoms with van der Waals surface area (Å²) in [4.78, 5) is 35.1. The van der Waals surface area contributed by atoms with Crippen LogP contribution in [-0.2, 0) is 14.3 Å². The van der Waals surface area contributed by atoms with Crippen molar-refractivity contribution in [3.05, 3.63) is 0 Å². The Hall–Kier alpha value is -1.83. The van der Waals surface area contributed by atoms with Gasteiger partial charge in [-0.3, -0.25) is 14.5 Å². The maximum atomic E-state index is 11.8. The molecule has 0 spiro atoms. The SMILES string of the molecule is CC(C)(C)OC(=O)NC1CC(CC(=O)O)CN(CC(=O)O)C1. The van der Waals surface area contributed by atoms with Gasteiger partial charge >= 0.3 is 18.0 Å². The van der Waals surface area contributed by atoms with Crippen LogP contribution in [0, 0.1) is 5.92 Å². The Bertz CT molecular complexity index is 408. The Kier molecular flexibility index (Phi) is 6.16. The molecule has 1 rings (SSSR count). The minimum Gasteiger partial charge on any atom is -0.481 e. The molecule has 0 aromatic heterocycles. The van der Waals surface area contributed by atoms with Gasteiger partial charge in [-0.1, -0.05) is 0 Å². The van der Waals surface area contributed by atoms with Gasteiger partial charge in [0.2, 0.25) is 0 Å². The van der Waals surface area contributed by atoms with Crippen LogP contribution < -0.4 is 5.32 Å². The second-order valence-electron chi connectivity index (χ2n) is 6.63. The highest BCUT2D eigenvalue weighted by Gasteiger charge is 2.31. The van der Waals surface area contributed by atoms with Crippen LogP contribution in [0.1, 0.15) is 33.6 Å². The van der Waals surface area contributed by atoms with Crippen molar-refractivity contribution < 1.29 is 29.3 Å². The molecule has 1 amide bonds. The van der Waals surface area contributed by atoms with Gasteiger partial charge in [-0.25, -0.2) is 4.79 Å².